The minimum absolute atomic E-state index is 0.0827. The molecule has 2 heterocycles. The minimum atomic E-state index is -0.443. The van der Waals surface area contributed by atoms with Gasteiger partial charge in [-0.1, -0.05) is 23.8 Å². The minimum Gasteiger partial charge on any atom is -0.353 e. The van der Waals surface area contributed by atoms with E-state index in [-0.39, 0.29) is 18.2 Å². The van der Waals surface area contributed by atoms with Gasteiger partial charge in [-0.25, -0.2) is 4.98 Å². The number of aromatic nitrogens is 2. The van der Waals surface area contributed by atoms with Gasteiger partial charge < -0.3 is 10.2 Å². The fourth-order valence-corrected chi connectivity index (χ4v) is 3.23. The standard InChI is InChI=1S/C21H27N5O2/c1-15(2)8-10-26-11-9-22-21(28)19(26)12-20(27)25(3)14-16-13-23-17-6-4-5-7-18(17)24-16/h4-8,13,19H,9-12,14H2,1-3H3,(H,22,28)/t19-/m0/s1. The van der Waals surface area contributed by atoms with Crippen molar-refractivity contribution < 1.29 is 9.59 Å². The summed E-state index contributed by atoms with van der Waals surface area (Å²) in [6.07, 6.45) is 3.94. The van der Waals surface area contributed by atoms with Gasteiger partial charge in [0.2, 0.25) is 11.8 Å². The van der Waals surface area contributed by atoms with Gasteiger partial charge in [0.15, 0.2) is 0 Å². The molecule has 1 aromatic carbocycles. The van der Waals surface area contributed by atoms with Crippen molar-refractivity contribution >= 4 is 22.8 Å². The molecule has 0 bridgehead atoms. The third-order valence-electron chi connectivity index (χ3n) is 4.87. The van der Waals surface area contributed by atoms with E-state index in [2.05, 4.69) is 26.3 Å². The van der Waals surface area contributed by atoms with Crippen molar-refractivity contribution in [3.05, 3.63) is 47.8 Å². The molecule has 1 aliphatic rings. The van der Waals surface area contributed by atoms with Gasteiger partial charge in [-0.3, -0.25) is 19.5 Å². The average molecular weight is 381 g/mol. The number of benzene rings is 1. The second kappa shape index (κ2) is 8.93. The summed E-state index contributed by atoms with van der Waals surface area (Å²) in [4.78, 5) is 37.7. The zero-order valence-corrected chi connectivity index (χ0v) is 16.7. The molecule has 7 nitrogen and oxygen atoms in total. The van der Waals surface area contributed by atoms with Crippen molar-refractivity contribution in [2.45, 2.75) is 32.9 Å². The first-order chi connectivity index (χ1) is 13.4. The van der Waals surface area contributed by atoms with Gasteiger partial charge in [0.1, 0.15) is 0 Å². The maximum atomic E-state index is 12.8. The zero-order chi connectivity index (χ0) is 20.1. The number of nitrogens with one attached hydrogen (secondary N) is 1. The lowest BCUT2D eigenvalue weighted by Gasteiger charge is -2.34. The Morgan fingerprint density at radius 1 is 1.32 bits per heavy atom. The number of carbonyl (C=O) groups is 2. The number of hydrogen-bond donors (Lipinski definition) is 1. The van der Waals surface area contributed by atoms with Crippen molar-refractivity contribution in [1.82, 2.24) is 25.1 Å². The third kappa shape index (κ3) is 4.92. The van der Waals surface area contributed by atoms with Crippen LogP contribution in [0.3, 0.4) is 0 Å². The summed E-state index contributed by atoms with van der Waals surface area (Å²) in [6, 6.07) is 7.20. The smallest absolute Gasteiger partial charge is 0.237 e. The molecule has 1 aromatic heterocycles. The third-order valence-corrected chi connectivity index (χ3v) is 4.87. The molecule has 1 fully saturated rings. The molecule has 0 spiro atoms. The van der Waals surface area contributed by atoms with E-state index in [1.165, 1.54) is 5.57 Å². The van der Waals surface area contributed by atoms with Gasteiger partial charge in [0, 0.05) is 26.7 Å². The summed E-state index contributed by atoms with van der Waals surface area (Å²) in [5.74, 6) is -0.167. The molecule has 0 unspecified atom stereocenters. The number of hydrogen-bond acceptors (Lipinski definition) is 5. The Balaban J connectivity index is 1.65. The van der Waals surface area contributed by atoms with Gasteiger partial charge in [-0.2, -0.15) is 0 Å². The highest BCUT2D eigenvalue weighted by Crippen LogP contribution is 2.13. The van der Waals surface area contributed by atoms with E-state index in [0.29, 0.717) is 19.6 Å². The highest BCUT2D eigenvalue weighted by atomic mass is 16.2. The number of nitrogens with zero attached hydrogens (tertiary/aromatic N) is 4. The number of carbonyl (C=O) groups excluding carboxylic acids is 2. The van der Waals surface area contributed by atoms with Crippen molar-refractivity contribution in [1.29, 1.82) is 0 Å². The first-order valence-electron chi connectivity index (χ1n) is 9.54. The van der Waals surface area contributed by atoms with E-state index in [9.17, 15) is 9.59 Å². The molecular weight excluding hydrogens is 354 g/mol. The van der Waals surface area contributed by atoms with Crippen molar-refractivity contribution in [3.63, 3.8) is 0 Å². The Kier molecular flexibility index (Phi) is 6.36. The van der Waals surface area contributed by atoms with E-state index in [4.69, 9.17) is 0 Å². The second-order valence-electron chi connectivity index (χ2n) is 7.39. The molecule has 0 saturated carbocycles. The maximum Gasteiger partial charge on any atom is 0.237 e. The largest absolute Gasteiger partial charge is 0.353 e. The monoisotopic (exact) mass is 381 g/mol. The van der Waals surface area contributed by atoms with Gasteiger partial charge in [0.05, 0.1) is 41.9 Å². The molecule has 1 N–H and O–H groups in total. The normalized spacial score (nSPS) is 17.2. The quantitative estimate of drug-likeness (QED) is 0.771. The molecule has 0 aliphatic carbocycles. The van der Waals surface area contributed by atoms with Crippen LogP contribution in [0.4, 0.5) is 0 Å². The van der Waals surface area contributed by atoms with Crippen LogP contribution in [-0.2, 0) is 16.1 Å². The lowest BCUT2D eigenvalue weighted by Crippen LogP contribution is -2.56. The molecule has 148 valence electrons. The molecule has 2 aromatic rings. The first kappa shape index (κ1) is 19.9. The van der Waals surface area contributed by atoms with Crippen LogP contribution in [0, 0.1) is 0 Å². The summed E-state index contributed by atoms with van der Waals surface area (Å²) in [7, 11) is 1.74. The van der Waals surface area contributed by atoms with E-state index in [1.807, 2.05) is 38.1 Å². The predicted octanol–water partition coefficient (Wildman–Crippen LogP) is 1.74. The number of rotatable bonds is 6. The number of para-hydroxylation sites is 2. The van der Waals surface area contributed by atoms with E-state index in [1.54, 1.807) is 18.1 Å². The van der Waals surface area contributed by atoms with Crippen LogP contribution < -0.4 is 5.32 Å². The lowest BCUT2D eigenvalue weighted by atomic mass is 10.1. The molecule has 2 amide bonds. The Bertz CT molecular complexity index is 891. The predicted molar refractivity (Wildman–Crippen MR) is 108 cm³/mol. The van der Waals surface area contributed by atoms with Gasteiger partial charge >= 0.3 is 0 Å². The highest BCUT2D eigenvalue weighted by Gasteiger charge is 2.31. The van der Waals surface area contributed by atoms with Gasteiger partial charge in [-0.05, 0) is 26.0 Å². The first-order valence-corrected chi connectivity index (χ1v) is 9.54. The Morgan fingerprint density at radius 3 is 2.82 bits per heavy atom. The fourth-order valence-electron chi connectivity index (χ4n) is 3.23. The number of amides is 2. The van der Waals surface area contributed by atoms with Gasteiger partial charge in [-0.15, -0.1) is 0 Å². The lowest BCUT2D eigenvalue weighted by molar-refractivity contribution is -0.138. The molecule has 0 radical (unpaired) electrons. The summed E-state index contributed by atoms with van der Waals surface area (Å²) >= 11 is 0. The van der Waals surface area contributed by atoms with Gasteiger partial charge in [0.25, 0.3) is 0 Å². The zero-order valence-electron chi connectivity index (χ0n) is 16.7. The van der Waals surface area contributed by atoms with Crippen molar-refractivity contribution in [2.75, 3.05) is 26.7 Å². The van der Waals surface area contributed by atoms with Crippen LogP contribution in [0.2, 0.25) is 0 Å². The SMILES string of the molecule is CC(C)=CCN1CCNC(=O)[C@@H]1CC(=O)N(C)Cc1cnc2ccccc2n1. The molecule has 28 heavy (non-hydrogen) atoms. The highest BCUT2D eigenvalue weighted by molar-refractivity contribution is 5.88. The summed E-state index contributed by atoms with van der Waals surface area (Å²) in [5, 5.41) is 2.87. The fraction of sp³-hybridized carbons (Fsp3) is 0.429. The molecule has 3 rings (SSSR count). The Labute approximate surface area is 165 Å². The van der Waals surface area contributed by atoms with E-state index < -0.39 is 6.04 Å². The average Bonchev–Trinajstić information content (AvgIpc) is 2.68. The Morgan fingerprint density at radius 2 is 2.07 bits per heavy atom. The summed E-state index contributed by atoms with van der Waals surface area (Å²) in [5.41, 5.74) is 3.56. The molecule has 1 aliphatic heterocycles. The summed E-state index contributed by atoms with van der Waals surface area (Å²) < 4.78 is 0. The van der Waals surface area contributed by atoms with Crippen LogP contribution in [0.1, 0.15) is 26.0 Å². The number of fused-ring (bicyclic) bond motifs is 1. The van der Waals surface area contributed by atoms with Crippen LogP contribution in [0.25, 0.3) is 11.0 Å². The van der Waals surface area contributed by atoms with E-state index >= 15 is 0 Å². The number of allylic oxidation sites excluding steroid dienone is 1. The van der Waals surface area contributed by atoms with Crippen molar-refractivity contribution in [2.24, 2.45) is 0 Å². The Hall–Kier alpha value is -2.80. The molecule has 1 atom stereocenters. The van der Waals surface area contributed by atoms with Crippen LogP contribution in [-0.4, -0.2) is 64.3 Å². The molecular formula is C21H27N5O2. The van der Waals surface area contributed by atoms with Crippen LogP contribution >= 0.6 is 0 Å². The summed E-state index contributed by atoms with van der Waals surface area (Å²) in [6.45, 7) is 6.45. The van der Waals surface area contributed by atoms with Crippen molar-refractivity contribution in [3.8, 4) is 0 Å². The molecule has 7 heteroatoms. The topological polar surface area (TPSA) is 78.4 Å². The van der Waals surface area contributed by atoms with Crippen LogP contribution in [0.15, 0.2) is 42.1 Å². The second-order valence-corrected chi connectivity index (χ2v) is 7.39. The van der Waals surface area contributed by atoms with E-state index in [0.717, 1.165) is 23.3 Å². The maximum absolute atomic E-state index is 12.8. The number of piperazine rings is 1. The van der Waals surface area contributed by atoms with Crippen LogP contribution in [0.5, 0.6) is 0 Å². The molecule has 1 saturated heterocycles.